The Morgan fingerprint density at radius 2 is 2.11 bits per heavy atom. The van der Waals surface area contributed by atoms with Crippen molar-refractivity contribution in [3.63, 3.8) is 0 Å². The first-order valence-electron chi connectivity index (χ1n) is 7.36. The van der Waals surface area contributed by atoms with E-state index in [0.29, 0.717) is 0 Å². The molecule has 0 spiro atoms. The van der Waals surface area contributed by atoms with Gasteiger partial charge in [-0.15, -0.1) is 0 Å². The zero-order valence-electron chi connectivity index (χ0n) is 12.5. The fourth-order valence-corrected chi connectivity index (χ4v) is 2.77. The lowest BCUT2D eigenvalue weighted by molar-refractivity contribution is 0.111. The fourth-order valence-electron chi connectivity index (χ4n) is 2.77. The smallest absolute Gasteiger partial charge is 0.103 e. The number of unbranched alkanes of at least 4 members (excludes halogenated alkanes) is 1. The van der Waals surface area contributed by atoms with Crippen LogP contribution in [0.1, 0.15) is 52.9 Å². The molecule has 1 fully saturated rings. The van der Waals surface area contributed by atoms with Crippen LogP contribution in [-0.2, 0) is 0 Å². The molecule has 0 aromatic carbocycles. The standard InChI is InChI=1S/C15H29N3/c1-13-8-7-11-18(14(13)2)10-6-5-9-15(3,12-16)17-4/h13-14,17H,5-11H2,1-4H3. The Labute approximate surface area is 113 Å². The van der Waals surface area contributed by atoms with Crippen LogP contribution in [-0.4, -0.2) is 36.6 Å². The first-order valence-corrected chi connectivity index (χ1v) is 7.36. The number of hydrogen-bond acceptors (Lipinski definition) is 3. The van der Waals surface area contributed by atoms with Crippen molar-refractivity contribution in [3.8, 4) is 6.07 Å². The predicted octanol–water partition coefficient (Wildman–Crippen LogP) is 2.78. The summed E-state index contributed by atoms with van der Waals surface area (Å²) in [6.07, 6.45) is 6.00. The molecule has 1 aliphatic heterocycles. The van der Waals surface area contributed by atoms with Gasteiger partial charge in [-0.2, -0.15) is 5.26 Å². The van der Waals surface area contributed by atoms with Gasteiger partial charge in [0.25, 0.3) is 0 Å². The summed E-state index contributed by atoms with van der Waals surface area (Å²) in [7, 11) is 1.87. The lowest BCUT2D eigenvalue weighted by Gasteiger charge is -2.38. The highest BCUT2D eigenvalue weighted by molar-refractivity contribution is 5.02. The zero-order chi connectivity index (χ0) is 13.6. The molecule has 0 aromatic heterocycles. The predicted molar refractivity (Wildman–Crippen MR) is 76.4 cm³/mol. The van der Waals surface area contributed by atoms with Crippen molar-refractivity contribution < 1.29 is 0 Å². The molecule has 3 heteroatoms. The minimum absolute atomic E-state index is 0.346. The van der Waals surface area contributed by atoms with E-state index in [1.54, 1.807) is 0 Å². The van der Waals surface area contributed by atoms with Gasteiger partial charge in [0.15, 0.2) is 0 Å². The number of nitrogens with zero attached hydrogens (tertiary/aromatic N) is 2. The maximum absolute atomic E-state index is 9.09. The molecule has 3 nitrogen and oxygen atoms in total. The Bertz CT molecular complexity index is 284. The Hall–Kier alpha value is -0.590. The van der Waals surface area contributed by atoms with Crippen molar-refractivity contribution in [2.75, 3.05) is 20.1 Å². The quantitative estimate of drug-likeness (QED) is 0.738. The SMILES string of the molecule is CNC(C)(C#N)CCCCN1CCCC(C)C1C. The number of piperidine rings is 1. The van der Waals surface area contributed by atoms with Crippen LogP contribution in [0.5, 0.6) is 0 Å². The van der Waals surface area contributed by atoms with Gasteiger partial charge in [0.1, 0.15) is 5.54 Å². The Morgan fingerprint density at radius 3 is 2.72 bits per heavy atom. The highest BCUT2D eigenvalue weighted by Crippen LogP contribution is 2.23. The number of rotatable bonds is 6. The summed E-state index contributed by atoms with van der Waals surface area (Å²) >= 11 is 0. The van der Waals surface area contributed by atoms with Crippen molar-refractivity contribution >= 4 is 0 Å². The van der Waals surface area contributed by atoms with Crippen LogP contribution in [0, 0.1) is 17.2 Å². The van der Waals surface area contributed by atoms with E-state index >= 15 is 0 Å². The highest BCUT2D eigenvalue weighted by atomic mass is 15.2. The summed E-state index contributed by atoms with van der Waals surface area (Å²) in [6.45, 7) is 9.16. The molecule has 1 saturated heterocycles. The Kier molecular flexibility index (Phi) is 6.11. The van der Waals surface area contributed by atoms with Gasteiger partial charge in [0, 0.05) is 6.04 Å². The second-order valence-corrected chi connectivity index (χ2v) is 6.05. The molecule has 18 heavy (non-hydrogen) atoms. The third-order valence-corrected chi connectivity index (χ3v) is 4.67. The van der Waals surface area contributed by atoms with Crippen molar-refractivity contribution in [2.24, 2.45) is 5.92 Å². The van der Waals surface area contributed by atoms with Gasteiger partial charge in [-0.1, -0.05) is 6.92 Å². The van der Waals surface area contributed by atoms with Crippen LogP contribution in [0.4, 0.5) is 0 Å². The van der Waals surface area contributed by atoms with Crippen LogP contribution in [0.25, 0.3) is 0 Å². The van der Waals surface area contributed by atoms with Gasteiger partial charge in [-0.25, -0.2) is 0 Å². The van der Waals surface area contributed by atoms with Gasteiger partial charge >= 0.3 is 0 Å². The average molecular weight is 251 g/mol. The number of likely N-dealkylation sites (tertiary alicyclic amines) is 1. The normalized spacial score (nSPS) is 28.6. The van der Waals surface area contributed by atoms with Crippen LogP contribution >= 0.6 is 0 Å². The molecule has 1 rings (SSSR count). The molecule has 1 heterocycles. The lowest BCUT2D eigenvalue weighted by Crippen LogP contribution is -2.43. The largest absolute Gasteiger partial charge is 0.303 e. The molecule has 1 aliphatic rings. The first-order chi connectivity index (χ1) is 8.52. The molecular formula is C15H29N3. The number of nitriles is 1. The monoisotopic (exact) mass is 251 g/mol. The molecule has 0 amide bonds. The Balaban J connectivity index is 2.24. The summed E-state index contributed by atoms with van der Waals surface area (Å²) in [5.41, 5.74) is -0.346. The van der Waals surface area contributed by atoms with Gasteiger partial charge < -0.3 is 10.2 Å². The van der Waals surface area contributed by atoms with Crippen molar-refractivity contribution in [1.29, 1.82) is 5.26 Å². The first kappa shape index (κ1) is 15.5. The minimum atomic E-state index is -0.346. The third kappa shape index (κ3) is 4.26. The van der Waals surface area contributed by atoms with Crippen LogP contribution in [0.2, 0.25) is 0 Å². The molecule has 3 unspecified atom stereocenters. The lowest BCUT2D eigenvalue weighted by atomic mass is 9.91. The van der Waals surface area contributed by atoms with Crippen molar-refractivity contribution in [2.45, 2.75) is 64.5 Å². The minimum Gasteiger partial charge on any atom is -0.303 e. The van der Waals surface area contributed by atoms with Gasteiger partial charge in [0.2, 0.25) is 0 Å². The van der Waals surface area contributed by atoms with Gasteiger partial charge in [0.05, 0.1) is 6.07 Å². The second kappa shape index (κ2) is 7.11. The van der Waals surface area contributed by atoms with Gasteiger partial charge in [-0.05, 0) is 72.0 Å². The van der Waals surface area contributed by atoms with E-state index in [9.17, 15) is 0 Å². The van der Waals surface area contributed by atoms with E-state index in [2.05, 4.69) is 30.1 Å². The molecule has 0 saturated carbocycles. The third-order valence-electron chi connectivity index (χ3n) is 4.67. The van der Waals surface area contributed by atoms with E-state index in [1.165, 1.54) is 32.4 Å². The zero-order valence-corrected chi connectivity index (χ0v) is 12.5. The van der Waals surface area contributed by atoms with Gasteiger partial charge in [-0.3, -0.25) is 0 Å². The molecule has 0 radical (unpaired) electrons. The number of nitrogens with one attached hydrogen (secondary N) is 1. The summed E-state index contributed by atoms with van der Waals surface area (Å²) < 4.78 is 0. The maximum atomic E-state index is 9.09. The van der Waals surface area contributed by atoms with Crippen LogP contribution < -0.4 is 5.32 Å². The van der Waals surface area contributed by atoms with E-state index < -0.39 is 0 Å². The number of hydrogen-bond donors (Lipinski definition) is 1. The van der Waals surface area contributed by atoms with Crippen LogP contribution in [0.3, 0.4) is 0 Å². The van der Waals surface area contributed by atoms with E-state index in [0.717, 1.165) is 24.8 Å². The molecule has 0 aromatic rings. The van der Waals surface area contributed by atoms with E-state index in [4.69, 9.17) is 5.26 Å². The highest BCUT2D eigenvalue weighted by Gasteiger charge is 2.24. The van der Waals surface area contributed by atoms with E-state index in [1.807, 2.05) is 14.0 Å². The van der Waals surface area contributed by atoms with Crippen LogP contribution in [0.15, 0.2) is 0 Å². The van der Waals surface area contributed by atoms with E-state index in [-0.39, 0.29) is 5.54 Å². The van der Waals surface area contributed by atoms with Crippen molar-refractivity contribution in [1.82, 2.24) is 10.2 Å². The van der Waals surface area contributed by atoms with Crippen molar-refractivity contribution in [3.05, 3.63) is 0 Å². The second-order valence-electron chi connectivity index (χ2n) is 6.05. The summed E-state index contributed by atoms with van der Waals surface area (Å²) in [4.78, 5) is 2.62. The fraction of sp³-hybridized carbons (Fsp3) is 0.933. The summed E-state index contributed by atoms with van der Waals surface area (Å²) in [6, 6.07) is 3.08. The molecule has 3 atom stereocenters. The molecular weight excluding hydrogens is 222 g/mol. The summed E-state index contributed by atoms with van der Waals surface area (Å²) in [5.74, 6) is 0.834. The average Bonchev–Trinajstić information content (AvgIpc) is 2.39. The molecule has 1 N–H and O–H groups in total. The maximum Gasteiger partial charge on any atom is 0.103 e. The molecule has 104 valence electrons. The molecule has 0 bridgehead atoms. The Morgan fingerprint density at radius 1 is 1.39 bits per heavy atom. The topological polar surface area (TPSA) is 39.1 Å². The molecule has 0 aliphatic carbocycles. The summed E-state index contributed by atoms with van der Waals surface area (Å²) in [5, 5.41) is 12.2.